The van der Waals surface area contributed by atoms with Gasteiger partial charge in [-0.1, -0.05) is 13.8 Å². The maximum Gasteiger partial charge on any atom is 0.148 e. The van der Waals surface area contributed by atoms with Gasteiger partial charge in [-0.2, -0.15) is 0 Å². The zero-order valence-corrected chi connectivity index (χ0v) is 8.83. The normalized spacial score (nSPS) is 10.4. The molecule has 0 saturated carbocycles. The standard InChI is InChI=1S/C9H17N5/c1-4-11-8-7(6(2)3)9(14-10)13-5-12-8/h5-6H,4,10H2,1-3H3,(H2,11,12,13,14). The van der Waals surface area contributed by atoms with E-state index in [1.54, 1.807) is 0 Å². The van der Waals surface area contributed by atoms with Crippen LogP contribution in [-0.2, 0) is 0 Å². The van der Waals surface area contributed by atoms with Crippen molar-refractivity contribution in [2.24, 2.45) is 5.84 Å². The van der Waals surface area contributed by atoms with Gasteiger partial charge in [0.2, 0.25) is 0 Å². The van der Waals surface area contributed by atoms with Crippen LogP contribution in [0.15, 0.2) is 6.33 Å². The average Bonchev–Trinajstić information content (AvgIpc) is 2.17. The minimum absolute atomic E-state index is 0.330. The van der Waals surface area contributed by atoms with Crippen molar-refractivity contribution in [2.45, 2.75) is 26.7 Å². The van der Waals surface area contributed by atoms with Gasteiger partial charge in [0.05, 0.1) is 0 Å². The Hall–Kier alpha value is -1.36. The molecule has 0 unspecified atom stereocenters. The summed E-state index contributed by atoms with van der Waals surface area (Å²) >= 11 is 0. The Bertz CT molecular complexity index is 297. The van der Waals surface area contributed by atoms with Crippen LogP contribution in [0, 0.1) is 0 Å². The molecule has 1 heterocycles. The third kappa shape index (κ3) is 2.11. The van der Waals surface area contributed by atoms with Crippen LogP contribution < -0.4 is 16.6 Å². The van der Waals surface area contributed by atoms with Crippen molar-refractivity contribution in [2.75, 3.05) is 17.3 Å². The molecular formula is C9H17N5. The van der Waals surface area contributed by atoms with Crippen LogP contribution in [0.5, 0.6) is 0 Å². The molecule has 1 rings (SSSR count). The number of nitrogens with one attached hydrogen (secondary N) is 2. The summed E-state index contributed by atoms with van der Waals surface area (Å²) in [4.78, 5) is 8.25. The van der Waals surface area contributed by atoms with E-state index in [4.69, 9.17) is 5.84 Å². The van der Waals surface area contributed by atoms with E-state index in [0.717, 1.165) is 17.9 Å². The number of anilines is 2. The fourth-order valence-corrected chi connectivity index (χ4v) is 1.37. The highest BCUT2D eigenvalue weighted by molar-refractivity contribution is 5.58. The van der Waals surface area contributed by atoms with Crippen molar-refractivity contribution >= 4 is 11.6 Å². The lowest BCUT2D eigenvalue weighted by atomic mass is 10.0. The van der Waals surface area contributed by atoms with E-state index in [2.05, 4.69) is 34.6 Å². The van der Waals surface area contributed by atoms with Crippen molar-refractivity contribution in [3.05, 3.63) is 11.9 Å². The number of hydrogen-bond donors (Lipinski definition) is 3. The Morgan fingerprint density at radius 3 is 2.50 bits per heavy atom. The summed E-state index contributed by atoms with van der Waals surface area (Å²) in [5.74, 6) is 7.25. The molecule has 0 aliphatic rings. The Morgan fingerprint density at radius 1 is 1.36 bits per heavy atom. The number of nitrogen functional groups attached to an aromatic ring is 1. The zero-order valence-electron chi connectivity index (χ0n) is 8.83. The molecule has 4 N–H and O–H groups in total. The van der Waals surface area contributed by atoms with Gasteiger partial charge in [0, 0.05) is 12.1 Å². The Kier molecular flexibility index (Phi) is 3.64. The van der Waals surface area contributed by atoms with Crippen molar-refractivity contribution in [3.63, 3.8) is 0 Å². The molecule has 0 saturated heterocycles. The third-order valence-corrected chi connectivity index (χ3v) is 1.94. The van der Waals surface area contributed by atoms with E-state index in [9.17, 15) is 0 Å². The first-order valence-electron chi connectivity index (χ1n) is 4.76. The number of aromatic nitrogens is 2. The monoisotopic (exact) mass is 195 g/mol. The zero-order chi connectivity index (χ0) is 10.6. The van der Waals surface area contributed by atoms with Gasteiger partial charge >= 0.3 is 0 Å². The number of hydrazine groups is 1. The highest BCUT2D eigenvalue weighted by atomic mass is 15.3. The summed E-state index contributed by atoms with van der Waals surface area (Å²) in [5, 5.41) is 3.19. The highest BCUT2D eigenvalue weighted by Crippen LogP contribution is 2.27. The lowest BCUT2D eigenvalue weighted by Gasteiger charge is -2.15. The van der Waals surface area contributed by atoms with Crippen molar-refractivity contribution in [1.29, 1.82) is 0 Å². The van der Waals surface area contributed by atoms with Gasteiger partial charge in [-0.3, -0.25) is 0 Å². The number of nitrogens with two attached hydrogens (primary N) is 1. The molecule has 0 atom stereocenters. The molecule has 0 bridgehead atoms. The number of rotatable bonds is 4. The smallest absolute Gasteiger partial charge is 0.148 e. The van der Waals surface area contributed by atoms with Gasteiger partial charge in [0.25, 0.3) is 0 Å². The van der Waals surface area contributed by atoms with E-state index in [-0.39, 0.29) is 0 Å². The topological polar surface area (TPSA) is 75.9 Å². The Labute approximate surface area is 84.1 Å². The largest absolute Gasteiger partial charge is 0.370 e. The molecular weight excluding hydrogens is 178 g/mol. The second-order valence-corrected chi connectivity index (χ2v) is 3.31. The quantitative estimate of drug-likeness (QED) is 0.499. The average molecular weight is 195 g/mol. The molecule has 14 heavy (non-hydrogen) atoms. The number of hydrogen-bond acceptors (Lipinski definition) is 5. The fraction of sp³-hybridized carbons (Fsp3) is 0.556. The molecule has 0 aromatic carbocycles. The van der Waals surface area contributed by atoms with Crippen LogP contribution in [0.4, 0.5) is 11.6 Å². The van der Waals surface area contributed by atoms with E-state index in [1.807, 2.05) is 6.92 Å². The van der Waals surface area contributed by atoms with Gasteiger partial charge in [0.1, 0.15) is 18.0 Å². The summed E-state index contributed by atoms with van der Waals surface area (Å²) < 4.78 is 0. The third-order valence-electron chi connectivity index (χ3n) is 1.94. The molecule has 78 valence electrons. The van der Waals surface area contributed by atoms with Crippen LogP contribution in [-0.4, -0.2) is 16.5 Å². The van der Waals surface area contributed by atoms with Gasteiger partial charge in [-0.25, -0.2) is 15.8 Å². The molecule has 0 amide bonds. The summed E-state index contributed by atoms with van der Waals surface area (Å²) in [5.41, 5.74) is 3.61. The molecule has 1 aromatic heterocycles. The highest BCUT2D eigenvalue weighted by Gasteiger charge is 2.13. The second kappa shape index (κ2) is 4.76. The Balaban J connectivity index is 3.14. The van der Waals surface area contributed by atoms with Crippen molar-refractivity contribution < 1.29 is 0 Å². The van der Waals surface area contributed by atoms with E-state index in [1.165, 1.54) is 6.33 Å². The lowest BCUT2D eigenvalue weighted by Crippen LogP contribution is -2.14. The minimum Gasteiger partial charge on any atom is -0.370 e. The van der Waals surface area contributed by atoms with Gasteiger partial charge in [0.15, 0.2) is 0 Å². The first kappa shape index (κ1) is 10.7. The van der Waals surface area contributed by atoms with Crippen LogP contribution in [0.1, 0.15) is 32.3 Å². The predicted molar refractivity (Wildman–Crippen MR) is 58.1 cm³/mol. The fourth-order valence-electron chi connectivity index (χ4n) is 1.37. The summed E-state index contributed by atoms with van der Waals surface area (Å²) in [6, 6.07) is 0. The summed E-state index contributed by atoms with van der Waals surface area (Å²) in [6.07, 6.45) is 1.50. The molecule has 0 spiro atoms. The van der Waals surface area contributed by atoms with Crippen LogP contribution in [0.3, 0.4) is 0 Å². The van der Waals surface area contributed by atoms with Crippen molar-refractivity contribution in [1.82, 2.24) is 9.97 Å². The summed E-state index contributed by atoms with van der Waals surface area (Å²) in [6.45, 7) is 7.03. The van der Waals surface area contributed by atoms with Gasteiger partial charge in [-0.15, -0.1) is 0 Å². The number of nitrogens with zero attached hydrogens (tertiary/aromatic N) is 2. The van der Waals surface area contributed by atoms with Crippen LogP contribution in [0.2, 0.25) is 0 Å². The lowest BCUT2D eigenvalue weighted by molar-refractivity contribution is 0.846. The predicted octanol–water partition coefficient (Wildman–Crippen LogP) is 1.32. The maximum absolute atomic E-state index is 5.39. The summed E-state index contributed by atoms with van der Waals surface area (Å²) in [7, 11) is 0. The maximum atomic E-state index is 5.39. The van der Waals surface area contributed by atoms with Crippen LogP contribution >= 0.6 is 0 Å². The SMILES string of the molecule is CCNc1ncnc(NN)c1C(C)C. The molecule has 5 nitrogen and oxygen atoms in total. The molecule has 1 aromatic rings. The second-order valence-electron chi connectivity index (χ2n) is 3.31. The molecule has 0 aliphatic heterocycles. The molecule has 5 heteroatoms. The molecule has 0 radical (unpaired) electrons. The Morgan fingerprint density at radius 2 is 2.00 bits per heavy atom. The first-order chi connectivity index (χ1) is 6.70. The first-order valence-corrected chi connectivity index (χ1v) is 4.76. The van der Waals surface area contributed by atoms with E-state index >= 15 is 0 Å². The van der Waals surface area contributed by atoms with E-state index < -0.39 is 0 Å². The van der Waals surface area contributed by atoms with Gasteiger partial charge < -0.3 is 10.7 Å². The van der Waals surface area contributed by atoms with Crippen LogP contribution in [0.25, 0.3) is 0 Å². The minimum atomic E-state index is 0.330. The van der Waals surface area contributed by atoms with Gasteiger partial charge in [-0.05, 0) is 12.8 Å². The molecule has 0 aliphatic carbocycles. The molecule has 0 fully saturated rings. The van der Waals surface area contributed by atoms with E-state index in [0.29, 0.717) is 11.7 Å². The van der Waals surface area contributed by atoms with Crippen molar-refractivity contribution in [3.8, 4) is 0 Å².